The van der Waals surface area contributed by atoms with E-state index in [1.165, 1.54) is 0 Å². The minimum absolute atomic E-state index is 0.0844. The standard InChI is InChI=1S/C24H29N7O2/c1-25-24(33)20-5-4-18(13-27-20)30-11-7-17(8-12-30)31-10-2-3-16(15-31)22-28-21-14-26-9-6-19(21)23(32)29-22/h4-6,9,13-14,16-17H,2-3,7-8,10-12,15H2,1H3,(H,25,33)(H,28,29,32). The molecule has 9 heteroatoms. The van der Waals surface area contributed by atoms with Gasteiger partial charge in [0.05, 0.1) is 29.0 Å². The number of aromatic amines is 1. The second kappa shape index (κ2) is 9.27. The second-order valence-corrected chi connectivity index (χ2v) is 8.88. The lowest BCUT2D eigenvalue weighted by Gasteiger charge is -2.42. The largest absolute Gasteiger partial charge is 0.370 e. The van der Waals surface area contributed by atoms with E-state index in [2.05, 4.69) is 30.1 Å². The summed E-state index contributed by atoms with van der Waals surface area (Å²) in [7, 11) is 1.61. The Balaban J connectivity index is 1.22. The fraction of sp³-hybridized carbons (Fsp3) is 0.458. The molecule has 1 amide bonds. The summed E-state index contributed by atoms with van der Waals surface area (Å²) in [4.78, 5) is 45.3. The molecule has 2 saturated heterocycles. The quantitative estimate of drug-likeness (QED) is 0.629. The molecule has 5 rings (SSSR count). The van der Waals surface area contributed by atoms with Crippen LogP contribution < -0.4 is 15.8 Å². The van der Waals surface area contributed by atoms with Crippen LogP contribution in [0.5, 0.6) is 0 Å². The summed E-state index contributed by atoms with van der Waals surface area (Å²) in [6, 6.07) is 6.00. The van der Waals surface area contributed by atoms with Crippen molar-refractivity contribution in [1.82, 2.24) is 30.2 Å². The van der Waals surface area contributed by atoms with Crippen molar-refractivity contribution in [2.75, 3.05) is 38.1 Å². The zero-order chi connectivity index (χ0) is 22.8. The van der Waals surface area contributed by atoms with Gasteiger partial charge < -0.3 is 15.2 Å². The van der Waals surface area contributed by atoms with Gasteiger partial charge in [-0.1, -0.05) is 0 Å². The Bertz CT molecular complexity index is 1190. The summed E-state index contributed by atoms with van der Waals surface area (Å²) in [5.74, 6) is 0.846. The summed E-state index contributed by atoms with van der Waals surface area (Å²) in [6.07, 6.45) is 9.38. The average Bonchev–Trinajstić information content (AvgIpc) is 2.88. The van der Waals surface area contributed by atoms with Gasteiger partial charge in [-0.25, -0.2) is 9.97 Å². The van der Waals surface area contributed by atoms with Crippen molar-refractivity contribution in [2.45, 2.75) is 37.6 Å². The SMILES string of the molecule is CNC(=O)c1ccc(N2CCC(N3CCCC(c4nc5cnccc5c(=O)[nH]4)C3)CC2)cn1. The fourth-order valence-electron chi connectivity index (χ4n) is 5.09. The normalized spacial score (nSPS) is 20.2. The number of aromatic nitrogens is 4. The van der Waals surface area contributed by atoms with Crippen molar-refractivity contribution in [2.24, 2.45) is 0 Å². The van der Waals surface area contributed by atoms with Gasteiger partial charge in [0.15, 0.2) is 0 Å². The van der Waals surface area contributed by atoms with Gasteiger partial charge in [-0.2, -0.15) is 0 Å². The molecule has 3 aromatic rings. The first-order chi connectivity index (χ1) is 16.1. The maximum absolute atomic E-state index is 12.5. The second-order valence-electron chi connectivity index (χ2n) is 8.88. The number of fused-ring (bicyclic) bond motifs is 1. The van der Waals surface area contributed by atoms with E-state index in [1.807, 2.05) is 6.07 Å². The summed E-state index contributed by atoms with van der Waals surface area (Å²) in [5, 5.41) is 3.19. The molecule has 2 N–H and O–H groups in total. The minimum Gasteiger partial charge on any atom is -0.370 e. The van der Waals surface area contributed by atoms with Crippen molar-refractivity contribution < 1.29 is 4.79 Å². The number of carbonyl (C=O) groups is 1. The molecule has 9 nitrogen and oxygen atoms in total. The molecule has 2 aliphatic rings. The van der Waals surface area contributed by atoms with E-state index in [0.717, 1.165) is 63.4 Å². The molecular formula is C24H29N7O2. The number of pyridine rings is 2. The highest BCUT2D eigenvalue weighted by atomic mass is 16.1. The maximum Gasteiger partial charge on any atom is 0.269 e. The predicted octanol–water partition coefficient (Wildman–Crippen LogP) is 1.92. The lowest BCUT2D eigenvalue weighted by molar-refractivity contribution is 0.0958. The van der Waals surface area contributed by atoms with Gasteiger partial charge in [0, 0.05) is 44.8 Å². The maximum atomic E-state index is 12.5. The van der Waals surface area contributed by atoms with E-state index in [1.54, 1.807) is 37.8 Å². The van der Waals surface area contributed by atoms with Crippen LogP contribution in [-0.2, 0) is 0 Å². The van der Waals surface area contributed by atoms with E-state index in [-0.39, 0.29) is 17.4 Å². The van der Waals surface area contributed by atoms with Gasteiger partial charge in [-0.05, 0) is 50.4 Å². The molecule has 33 heavy (non-hydrogen) atoms. The fourth-order valence-corrected chi connectivity index (χ4v) is 5.09. The molecule has 1 atom stereocenters. The van der Waals surface area contributed by atoms with Gasteiger partial charge in [0.25, 0.3) is 11.5 Å². The van der Waals surface area contributed by atoms with Crippen molar-refractivity contribution in [1.29, 1.82) is 0 Å². The molecular weight excluding hydrogens is 418 g/mol. The highest BCUT2D eigenvalue weighted by molar-refractivity contribution is 5.92. The summed E-state index contributed by atoms with van der Waals surface area (Å²) in [6.45, 7) is 3.93. The highest BCUT2D eigenvalue weighted by Crippen LogP contribution is 2.29. The van der Waals surface area contributed by atoms with Crippen LogP contribution in [0, 0.1) is 0 Å². The molecule has 2 aliphatic heterocycles. The van der Waals surface area contributed by atoms with Crippen molar-refractivity contribution >= 4 is 22.5 Å². The van der Waals surface area contributed by atoms with Crippen LogP contribution in [0.15, 0.2) is 41.6 Å². The van der Waals surface area contributed by atoms with Crippen LogP contribution in [0.1, 0.15) is 47.9 Å². The monoisotopic (exact) mass is 447 g/mol. The third-order valence-corrected chi connectivity index (χ3v) is 6.92. The number of nitrogens with one attached hydrogen (secondary N) is 2. The van der Waals surface area contributed by atoms with Crippen LogP contribution in [0.4, 0.5) is 5.69 Å². The number of rotatable bonds is 4. The highest BCUT2D eigenvalue weighted by Gasteiger charge is 2.30. The Morgan fingerprint density at radius 2 is 1.97 bits per heavy atom. The van der Waals surface area contributed by atoms with Crippen LogP contribution in [0.3, 0.4) is 0 Å². The molecule has 172 valence electrons. The van der Waals surface area contributed by atoms with Gasteiger partial charge in [-0.15, -0.1) is 0 Å². The molecule has 0 bridgehead atoms. The number of carbonyl (C=O) groups excluding carboxylic acids is 1. The number of H-pyrrole nitrogens is 1. The number of piperidine rings is 2. The van der Waals surface area contributed by atoms with E-state index in [4.69, 9.17) is 4.98 Å². The zero-order valence-corrected chi connectivity index (χ0v) is 18.8. The number of nitrogens with zero attached hydrogens (tertiary/aromatic N) is 5. The lowest BCUT2D eigenvalue weighted by atomic mass is 9.93. The Kier molecular flexibility index (Phi) is 6.04. The topological polar surface area (TPSA) is 107 Å². The molecule has 2 fully saturated rings. The van der Waals surface area contributed by atoms with E-state index in [0.29, 0.717) is 22.6 Å². The minimum atomic E-state index is -0.168. The molecule has 0 aromatic carbocycles. The molecule has 1 unspecified atom stereocenters. The molecule has 0 saturated carbocycles. The Morgan fingerprint density at radius 1 is 1.12 bits per heavy atom. The number of anilines is 1. The van der Waals surface area contributed by atoms with Gasteiger partial charge in [0.2, 0.25) is 0 Å². The number of amides is 1. The number of hydrogen-bond donors (Lipinski definition) is 2. The number of hydrogen-bond acceptors (Lipinski definition) is 7. The lowest BCUT2D eigenvalue weighted by Crippen LogP contribution is -2.48. The van der Waals surface area contributed by atoms with Gasteiger partial charge in [0.1, 0.15) is 11.5 Å². The van der Waals surface area contributed by atoms with Crippen molar-refractivity contribution in [3.05, 3.63) is 58.7 Å². The molecule has 0 radical (unpaired) electrons. The van der Waals surface area contributed by atoms with E-state index >= 15 is 0 Å². The zero-order valence-electron chi connectivity index (χ0n) is 18.8. The van der Waals surface area contributed by atoms with Crippen LogP contribution >= 0.6 is 0 Å². The average molecular weight is 448 g/mol. The summed E-state index contributed by atoms with van der Waals surface area (Å²) >= 11 is 0. The smallest absolute Gasteiger partial charge is 0.269 e. The van der Waals surface area contributed by atoms with Crippen molar-refractivity contribution in [3.63, 3.8) is 0 Å². The first-order valence-corrected chi connectivity index (χ1v) is 11.6. The van der Waals surface area contributed by atoms with Crippen LogP contribution in [0.25, 0.3) is 10.9 Å². The van der Waals surface area contributed by atoms with Gasteiger partial charge >= 0.3 is 0 Å². The Hall–Kier alpha value is -3.33. The van der Waals surface area contributed by atoms with E-state index < -0.39 is 0 Å². The first-order valence-electron chi connectivity index (χ1n) is 11.6. The van der Waals surface area contributed by atoms with Gasteiger partial charge in [-0.3, -0.25) is 19.5 Å². The third kappa shape index (κ3) is 4.45. The summed E-state index contributed by atoms with van der Waals surface area (Å²) < 4.78 is 0. The third-order valence-electron chi connectivity index (χ3n) is 6.92. The molecule has 0 spiro atoms. The number of likely N-dealkylation sites (tertiary alicyclic amines) is 1. The van der Waals surface area contributed by atoms with E-state index in [9.17, 15) is 9.59 Å². The van der Waals surface area contributed by atoms with Crippen LogP contribution in [-0.4, -0.2) is 70.0 Å². The van der Waals surface area contributed by atoms with Crippen molar-refractivity contribution in [3.8, 4) is 0 Å². The molecule has 3 aromatic heterocycles. The molecule has 5 heterocycles. The first kappa shape index (κ1) is 21.5. The molecule has 0 aliphatic carbocycles. The predicted molar refractivity (Wildman–Crippen MR) is 127 cm³/mol. The Morgan fingerprint density at radius 3 is 2.73 bits per heavy atom. The Labute approximate surface area is 192 Å². The van der Waals surface area contributed by atoms with Crippen LogP contribution in [0.2, 0.25) is 0 Å². The summed E-state index contributed by atoms with van der Waals surface area (Å²) in [5.41, 5.74) is 2.08.